The van der Waals surface area contributed by atoms with Gasteiger partial charge in [0, 0.05) is 24.6 Å². The van der Waals surface area contributed by atoms with Gasteiger partial charge in [-0.05, 0) is 86.4 Å². The maximum Gasteiger partial charge on any atom is 0.259 e. The maximum atomic E-state index is 13.6. The van der Waals surface area contributed by atoms with Gasteiger partial charge in [-0.2, -0.15) is 0 Å². The Morgan fingerprint density at radius 3 is 2.58 bits per heavy atom. The van der Waals surface area contributed by atoms with E-state index in [1.54, 1.807) is 18.2 Å². The van der Waals surface area contributed by atoms with Crippen LogP contribution in [0.4, 0.5) is 11.4 Å². The zero-order valence-electron chi connectivity index (χ0n) is 18.5. The number of aryl methyl sites for hydroxylation is 1. The molecule has 3 aromatic rings. The number of nitrogens with one attached hydrogen (secondary N) is 1. The van der Waals surface area contributed by atoms with E-state index in [4.69, 9.17) is 26.8 Å². The number of pyridine rings is 1. The normalized spacial score (nSPS) is 17.0. The van der Waals surface area contributed by atoms with Gasteiger partial charge in [0.1, 0.15) is 23.7 Å². The van der Waals surface area contributed by atoms with Gasteiger partial charge >= 0.3 is 0 Å². The molecule has 0 unspecified atom stereocenters. The summed E-state index contributed by atoms with van der Waals surface area (Å²) in [6, 6.07) is 13.6. The molecule has 0 radical (unpaired) electrons. The first-order chi connectivity index (χ1) is 16.0. The Balaban J connectivity index is 1.48. The smallest absolute Gasteiger partial charge is 0.259 e. The van der Waals surface area contributed by atoms with Gasteiger partial charge in [0.2, 0.25) is 0 Å². The number of rotatable bonds is 6. The highest BCUT2D eigenvalue weighted by atomic mass is 32.1. The van der Waals surface area contributed by atoms with Crippen LogP contribution in [0.5, 0.6) is 0 Å². The highest BCUT2D eigenvalue weighted by Crippen LogP contribution is 2.48. The lowest BCUT2D eigenvalue weighted by atomic mass is 9.75. The van der Waals surface area contributed by atoms with Gasteiger partial charge in [0.15, 0.2) is 5.11 Å². The number of methoxy groups -OCH3 is 1. The van der Waals surface area contributed by atoms with Crippen LogP contribution in [0.15, 0.2) is 53.1 Å². The minimum absolute atomic E-state index is 0.0122. The van der Waals surface area contributed by atoms with Crippen LogP contribution in [-0.4, -0.2) is 34.9 Å². The number of ether oxygens (including phenoxy) is 1. The fraction of sp³-hybridized carbons (Fsp3) is 0.280. The minimum atomic E-state index is -0.650. The fourth-order valence-electron chi connectivity index (χ4n) is 4.58. The zero-order valence-corrected chi connectivity index (χ0v) is 19.3. The molecule has 2 aliphatic rings. The first kappa shape index (κ1) is 21.5. The Morgan fingerprint density at radius 1 is 1.21 bits per heavy atom. The Labute approximate surface area is 197 Å². The molecule has 33 heavy (non-hydrogen) atoms. The van der Waals surface area contributed by atoms with Crippen molar-refractivity contribution in [3.05, 3.63) is 65.7 Å². The van der Waals surface area contributed by atoms with E-state index in [1.807, 2.05) is 54.3 Å². The number of carbonyl (C=O) groups excluding carboxylic acids is 1. The molecule has 1 aliphatic heterocycles. The van der Waals surface area contributed by atoms with Gasteiger partial charge in [-0.25, -0.2) is 0 Å². The van der Waals surface area contributed by atoms with Crippen molar-refractivity contribution in [3.63, 3.8) is 0 Å². The molecule has 1 amide bonds. The number of carbonyl (C=O) groups is 1. The number of hydrogen-bond acceptors (Lipinski definition) is 6. The molecule has 0 atom stereocenters. The van der Waals surface area contributed by atoms with E-state index >= 15 is 0 Å². The summed E-state index contributed by atoms with van der Waals surface area (Å²) >= 11 is 5.84. The van der Waals surface area contributed by atoms with Crippen molar-refractivity contribution < 1.29 is 13.9 Å². The third-order valence-electron chi connectivity index (χ3n) is 6.45. The zero-order chi connectivity index (χ0) is 23.2. The Bertz CT molecular complexity index is 1250. The van der Waals surface area contributed by atoms with E-state index in [9.17, 15) is 4.79 Å². The lowest BCUT2D eigenvalue weighted by Crippen LogP contribution is -2.55. The molecular weight excluding hydrogens is 436 g/mol. The Morgan fingerprint density at radius 2 is 1.97 bits per heavy atom. The average Bonchev–Trinajstić information content (AvgIpc) is 3.34. The lowest BCUT2D eigenvalue weighted by molar-refractivity contribution is -0.123. The van der Waals surface area contributed by atoms with Crippen molar-refractivity contribution in [2.75, 3.05) is 16.9 Å². The molecule has 1 saturated carbocycles. The summed E-state index contributed by atoms with van der Waals surface area (Å²) in [5, 5.41) is 7.93. The molecule has 1 aliphatic carbocycles. The van der Waals surface area contributed by atoms with Crippen molar-refractivity contribution in [2.24, 2.45) is 0 Å². The number of furan rings is 1. The van der Waals surface area contributed by atoms with Gasteiger partial charge in [-0.1, -0.05) is 0 Å². The van der Waals surface area contributed by atoms with Gasteiger partial charge in [-0.15, -0.1) is 0 Å². The summed E-state index contributed by atoms with van der Waals surface area (Å²) in [4.78, 5) is 21.5. The minimum Gasteiger partial charge on any atom is -0.459 e. The molecule has 1 saturated heterocycles. The highest BCUT2D eigenvalue weighted by Gasteiger charge is 2.59. The molecule has 3 heterocycles. The summed E-state index contributed by atoms with van der Waals surface area (Å²) in [6.45, 7) is 2.30. The number of amides is 1. The van der Waals surface area contributed by atoms with Gasteiger partial charge in [-0.3, -0.25) is 14.7 Å². The van der Waals surface area contributed by atoms with Crippen LogP contribution in [-0.2, 0) is 16.1 Å². The molecule has 168 valence electrons. The first-order valence-electron chi connectivity index (χ1n) is 10.8. The molecule has 8 heteroatoms. The largest absolute Gasteiger partial charge is 0.459 e. The predicted molar refractivity (Wildman–Crippen MR) is 131 cm³/mol. The van der Waals surface area contributed by atoms with E-state index < -0.39 is 5.54 Å². The van der Waals surface area contributed by atoms with Crippen molar-refractivity contribution in [3.8, 4) is 11.3 Å². The number of benzene rings is 1. The van der Waals surface area contributed by atoms with Crippen LogP contribution in [0.1, 0.15) is 36.3 Å². The molecule has 2 aromatic heterocycles. The Hall–Kier alpha value is -3.36. The predicted octanol–water partition coefficient (Wildman–Crippen LogP) is 4.85. The van der Waals surface area contributed by atoms with Gasteiger partial charge < -0.3 is 19.5 Å². The van der Waals surface area contributed by atoms with Crippen molar-refractivity contribution >= 4 is 40.8 Å². The van der Waals surface area contributed by atoms with Gasteiger partial charge in [0.05, 0.1) is 17.6 Å². The van der Waals surface area contributed by atoms with Gasteiger partial charge in [0.25, 0.3) is 5.91 Å². The molecular formula is C25H24N4O3S. The summed E-state index contributed by atoms with van der Waals surface area (Å²) in [7, 11) is 1.64. The number of thiocarbonyl (C=S) groups is 1. The third kappa shape index (κ3) is 3.37. The molecule has 5 rings (SSSR count). The van der Waals surface area contributed by atoms with Crippen LogP contribution in [0.2, 0.25) is 0 Å². The molecule has 1 N–H and O–H groups in total. The quantitative estimate of drug-likeness (QED) is 0.418. The van der Waals surface area contributed by atoms with Crippen molar-refractivity contribution in [1.29, 1.82) is 5.41 Å². The van der Waals surface area contributed by atoms with E-state index in [1.165, 1.54) is 6.21 Å². The maximum absolute atomic E-state index is 13.6. The van der Waals surface area contributed by atoms with Crippen molar-refractivity contribution in [1.82, 2.24) is 4.98 Å². The SMILES string of the molecule is COCc1ccc(-c2ccc(N3C(=S)N(c4cnc(C=N)c(C)c4)C(=O)C34CCC4)cc2)o1. The van der Waals surface area contributed by atoms with Crippen molar-refractivity contribution in [2.45, 2.75) is 38.3 Å². The Kier molecular flexibility index (Phi) is 5.34. The third-order valence-corrected chi connectivity index (χ3v) is 6.82. The monoisotopic (exact) mass is 460 g/mol. The van der Waals surface area contributed by atoms with E-state index in [-0.39, 0.29) is 5.91 Å². The molecule has 1 aromatic carbocycles. The van der Waals surface area contributed by atoms with Crippen LogP contribution in [0.25, 0.3) is 11.3 Å². The first-order valence-corrected chi connectivity index (χ1v) is 11.2. The molecule has 2 fully saturated rings. The number of anilines is 2. The molecule has 1 spiro atoms. The second kappa shape index (κ2) is 8.20. The summed E-state index contributed by atoms with van der Waals surface area (Å²) < 4.78 is 11.0. The van der Waals surface area contributed by atoms with Crippen LogP contribution in [0, 0.1) is 12.3 Å². The second-order valence-corrected chi connectivity index (χ2v) is 8.79. The molecule has 7 nitrogen and oxygen atoms in total. The molecule has 0 bridgehead atoms. The highest BCUT2D eigenvalue weighted by molar-refractivity contribution is 7.81. The number of hydrogen-bond donors (Lipinski definition) is 1. The summed E-state index contributed by atoms with van der Waals surface area (Å²) in [5.41, 5.74) is 3.22. The summed E-state index contributed by atoms with van der Waals surface area (Å²) in [6.07, 6.45) is 5.32. The van der Waals surface area contributed by atoms with Crippen LogP contribution in [0.3, 0.4) is 0 Å². The topological polar surface area (TPSA) is 82.7 Å². The van der Waals surface area contributed by atoms with Crippen LogP contribution < -0.4 is 9.80 Å². The standard InChI is InChI=1S/C25H24N4O3S/c1-16-12-19(14-27-21(16)13-26)28-23(30)25(10-3-11-25)29(24(28)33)18-6-4-17(5-7-18)22-9-8-20(32-22)15-31-2/h4-9,12-14,26H,3,10-11,15H2,1-2H3. The average molecular weight is 461 g/mol. The van der Waals surface area contributed by atoms with E-state index in [0.29, 0.717) is 23.1 Å². The number of aromatic nitrogens is 1. The summed E-state index contributed by atoms with van der Waals surface area (Å²) in [5.74, 6) is 1.52. The lowest BCUT2D eigenvalue weighted by Gasteiger charge is -2.43. The fourth-order valence-corrected chi connectivity index (χ4v) is 5.05. The number of nitrogens with zero attached hydrogens (tertiary/aromatic N) is 3. The van der Waals surface area contributed by atoms with E-state index in [2.05, 4.69) is 4.98 Å². The second-order valence-electron chi connectivity index (χ2n) is 8.43. The van der Waals surface area contributed by atoms with Crippen LogP contribution >= 0.6 is 12.2 Å². The van der Waals surface area contributed by atoms with E-state index in [0.717, 1.165) is 47.6 Å².